The first-order chi connectivity index (χ1) is 4.45. The number of thioether (sulfide) groups is 1. The van der Waals surface area contributed by atoms with Gasteiger partial charge in [0.25, 0.3) is 5.91 Å². The summed E-state index contributed by atoms with van der Waals surface area (Å²) in [6.45, 7) is 0. The maximum absolute atomic E-state index is 11.3. The monoisotopic (exact) mass is 175 g/mol. The molecule has 7 heteroatoms. The number of alkyl halides is 3. The van der Waals surface area contributed by atoms with Gasteiger partial charge in [0.15, 0.2) is 0 Å². The molecule has 60 valence electrons. The lowest BCUT2D eigenvalue weighted by atomic mass is 10.8. The van der Waals surface area contributed by atoms with Crippen LogP contribution in [0.4, 0.5) is 13.2 Å². The lowest BCUT2D eigenvalue weighted by Gasteiger charge is -2.02. The second-order valence-corrected chi connectivity index (χ2v) is 2.31. The quantitative estimate of drug-likeness (QED) is 0.480. The van der Waals surface area contributed by atoms with Crippen molar-refractivity contribution >= 4 is 17.7 Å². The van der Waals surface area contributed by atoms with Gasteiger partial charge in [-0.05, 0) is 11.8 Å². The summed E-state index contributed by atoms with van der Waals surface area (Å²) in [4.78, 5) is 9.98. The van der Waals surface area contributed by atoms with Crippen LogP contribution in [0.5, 0.6) is 0 Å². The molecule has 1 amide bonds. The van der Waals surface area contributed by atoms with E-state index in [1.807, 2.05) is 0 Å². The molecular formula is C3H4F3NO2S. The predicted molar refractivity (Wildman–Crippen MR) is 28.4 cm³/mol. The third kappa shape index (κ3) is 5.70. The smallest absolute Gasteiger partial charge is 0.289 e. The fourth-order valence-electron chi connectivity index (χ4n) is 0.180. The number of nitrogens with one attached hydrogen (secondary N) is 1. The van der Waals surface area contributed by atoms with E-state index in [4.69, 9.17) is 5.21 Å². The van der Waals surface area contributed by atoms with Crippen molar-refractivity contribution < 1.29 is 23.2 Å². The maximum Gasteiger partial charge on any atom is 0.442 e. The second-order valence-electron chi connectivity index (χ2n) is 1.27. The van der Waals surface area contributed by atoms with E-state index in [0.29, 0.717) is 0 Å². The Bertz CT molecular complexity index is 125. The number of hydrogen-bond donors (Lipinski definition) is 2. The molecule has 0 heterocycles. The highest BCUT2D eigenvalue weighted by molar-refractivity contribution is 8.00. The standard InChI is InChI=1S/C3H4F3NO2S/c4-3(5,6)10-1-2(8)7-9/h9H,1H2,(H,7,8). The van der Waals surface area contributed by atoms with E-state index in [0.717, 1.165) is 5.48 Å². The van der Waals surface area contributed by atoms with Crippen molar-refractivity contribution in [3.8, 4) is 0 Å². The van der Waals surface area contributed by atoms with E-state index in [9.17, 15) is 18.0 Å². The third-order valence-electron chi connectivity index (χ3n) is 0.492. The first-order valence-electron chi connectivity index (χ1n) is 2.09. The number of hydrogen-bond acceptors (Lipinski definition) is 3. The molecule has 2 N–H and O–H groups in total. The van der Waals surface area contributed by atoms with E-state index < -0.39 is 28.9 Å². The molecule has 10 heavy (non-hydrogen) atoms. The van der Waals surface area contributed by atoms with Gasteiger partial charge < -0.3 is 0 Å². The zero-order valence-electron chi connectivity index (χ0n) is 4.60. The molecule has 0 aromatic carbocycles. The molecule has 0 bridgehead atoms. The van der Waals surface area contributed by atoms with Gasteiger partial charge in [0.1, 0.15) is 0 Å². The van der Waals surface area contributed by atoms with Crippen LogP contribution in [0.1, 0.15) is 0 Å². The van der Waals surface area contributed by atoms with Crippen molar-refractivity contribution in [2.24, 2.45) is 0 Å². The van der Waals surface area contributed by atoms with Crippen LogP contribution in [-0.4, -0.2) is 22.4 Å². The minimum Gasteiger partial charge on any atom is -0.289 e. The molecule has 0 saturated heterocycles. The molecule has 0 aliphatic rings. The Kier molecular flexibility index (Phi) is 3.51. The molecule has 3 nitrogen and oxygen atoms in total. The van der Waals surface area contributed by atoms with Gasteiger partial charge >= 0.3 is 5.51 Å². The molecule has 0 spiro atoms. The van der Waals surface area contributed by atoms with E-state index in [-0.39, 0.29) is 0 Å². The Hall–Kier alpha value is -0.430. The summed E-state index contributed by atoms with van der Waals surface area (Å²) < 4.78 is 33.8. The molecule has 0 aromatic rings. The second kappa shape index (κ2) is 3.67. The van der Waals surface area contributed by atoms with Crippen LogP contribution in [-0.2, 0) is 4.79 Å². The lowest BCUT2D eigenvalue weighted by Crippen LogP contribution is -2.22. The van der Waals surface area contributed by atoms with Gasteiger partial charge in [-0.15, -0.1) is 0 Å². The predicted octanol–water partition coefficient (Wildman–Crippen LogP) is 0.745. The van der Waals surface area contributed by atoms with Gasteiger partial charge in [-0.1, -0.05) is 0 Å². The Morgan fingerprint density at radius 2 is 2.10 bits per heavy atom. The number of amides is 1. The summed E-state index contributed by atoms with van der Waals surface area (Å²) in [7, 11) is 0. The van der Waals surface area contributed by atoms with Crippen molar-refractivity contribution in [3.05, 3.63) is 0 Å². The van der Waals surface area contributed by atoms with Gasteiger partial charge in [0.05, 0.1) is 5.75 Å². The van der Waals surface area contributed by atoms with Crippen LogP contribution in [0.15, 0.2) is 0 Å². The number of rotatable bonds is 2. The van der Waals surface area contributed by atoms with Gasteiger partial charge in [-0.2, -0.15) is 13.2 Å². The third-order valence-corrected chi connectivity index (χ3v) is 1.23. The zero-order valence-corrected chi connectivity index (χ0v) is 5.42. The fraction of sp³-hybridized carbons (Fsp3) is 0.667. The van der Waals surface area contributed by atoms with Gasteiger partial charge in [0, 0.05) is 0 Å². The van der Waals surface area contributed by atoms with Gasteiger partial charge in [0.2, 0.25) is 0 Å². The van der Waals surface area contributed by atoms with E-state index in [1.54, 1.807) is 0 Å². The first-order valence-corrected chi connectivity index (χ1v) is 3.08. The number of halogens is 3. The Labute approximate surface area is 58.5 Å². The molecule has 0 rings (SSSR count). The molecule has 0 radical (unpaired) electrons. The maximum atomic E-state index is 11.3. The summed E-state index contributed by atoms with van der Waals surface area (Å²) in [5.74, 6) is -1.89. The van der Waals surface area contributed by atoms with E-state index in [2.05, 4.69) is 0 Å². The molecule has 0 fully saturated rings. The number of hydroxylamine groups is 1. The summed E-state index contributed by atoms with van der Waals surface area (Å²) in [6, 6.07) is 0. The fourth-order valence-corrected chi connectivity index (χ4v) is 0.539. The topological polar surface area (TPSA) is 49.3 Å². The average molecular weight is 175 g/mol. The minimum atomic E-state index is -4.42. The number of carbonyl (C=O) groups excluding carboxylic acids is 1. The van der Waals surface area contributed by atoms with Crippen molar-refractivity contribution in [1.82, 2.24) is 5.48 Å². The molecule has 0 atom stereocenters. The Morgan fingerprint density at radius 3 is 2.40 bits per heavy atom. The summed E-state index contributed by atoms with van der Waals surface area (Å²) >= 11 is -0.506. The van der Waals surface area contributed by atoms with Crippen LogP contribution >= 0.6 is 11.8 Å². The molecule has 0 saturated carbocycles. The molecule has 0 aromatic heterocycles. The van der Waals surface area contributed by atoms with Crippen LogP contribution in [0.2, 0.25) is 0 Å². The van der Waals surface area contributed by atoms with Crippen molar-refractivity contribution in [2.45, 2.75) is 5.51 Å². The van der Waals surface area contributed by atoms with E-state index in [1.165, 1.54) is 0 Å². The SMILES string of the molecule is O=C(CSC(F)(F)F)NO. The molecule has 0 unspecified atom stereocenters. The van der Waals surface area contributed by atoms with Crippen molar-refractivity contribution in [3.63, 3.8) is 0 Å². The largest absolute Gasteiger partial charge is 0.442 e. The van der Waals surface area contributed by atoms with Crippen LogP contribution < -0.4 is 5.48 Å². The van der Waals surface area contributed by atoms with Gasteiger partial charge in [-0.25, -0.2) is 5.48 Å². The van der Waals surface area contributed by atoms with Crippen molar-refractivity contribution in [1.29, 1.82) is 0 Å². The summed E-state index contributed by atoms with van der Waals surface area (Å²) in [5.41, 5.74) is -3.35. The lowest BCUT2D eigenvalue weighted by molar-refractivity contribution is -0.126. The minimum absolute atomic E-state index is 0.506. The normalized spacial score (nSPS) is 11.2. The van der Waals surface area contributed by atoms with Crippen molar-refractivity contribution in [2.75, 3.05) is 5.75 Å². The summed E-state index contributed by atoms with van der Waals surface area (Å²) in [6.07, 6.45) is 0. The Balaban J connectivity index is 3.46. The molecule has 0 aliphatic carbocycles. The van der Waals surface area contributed by atoms with Crippen LogP contribution in [0.3, 0.4) is 0 Å². The first kappa shape index (κ1) is 9.57. The highest BCUT2D eigenvalue weighted by atomic mass is 32.2. The van der Waals surface area contributed by atoms with Gasteiger partial charge in [-0.3, -0.25) is 10.0 Å². The summed E-state index contributed by atoms with van der Waals surface area (Å²) in [5, 5.41) is 7.75. The molecular weight excluding hydrogens is 171 g/mol. The highest BCUT2D eigenvalue weighted by Crippen LogP contribution is 2.29. The highest BCUT2D eigenvalue weighted by Gasteiger charge is 2.28. The van der Waals surface area contributed by atoms with E-state index >= 15 is 0 Å². The van der Waals surface area contributed by atoms with Crippen LogP contribution in [0.25, 0.3) is 0 Å². The number of carbonyl (C=O) groups is 1. The average Bonchev–Trinajstić information content (AvgIpc) is 1.81. The Morgan fingerprint density at radius 1 is 1.60 bits per heavy atom. The van der Waals surface area contributed by atoms with Crippen LogP contribution in [0, 0.1) is 0 Å². The molecule has 0 aliphatic heterocycles. The zero-order chi connectivity index (χ0) is 8.20.